The molecule has 0 aromatic rings. The molecule has 4 fully saturated rings. The Balaban J connectivity index is 1.65. The molecule has 0 radical (unpaired) electrons. The molecule has 15 heteroatoms. The van der Waals surface area contributed by atoms with Crippen molar-refractivity contribution in [3.05, 3.63) is 23.8 Å². The first-order valence-electron chi connectivity index (χ1n) is 18.8. The molecule has 5 rings (SSSR count). The summed E-state index contributed by atoms with van der Waals surface area (Å²) in [6.07, 6.45) is -8.35. The van der Waals surface area contributed by atoms with Crippen molar-refractivity contribution in [1.82, 2.24) is 5.32 Å². The van der Waals surface area contributed by atoms with Gasteiger partial charge in [0.1, 0.15) is 23.9 Å². The van der Waals surface area contributed by atoms with E-state index < -0.39 is 113 Å². The van der Waals surface area contributed by atoms with Gasteiger partial charge in [-0.1, -0.05) is 27.4 Å². The summed E-state index contributed by atoms with van der Waals surface area (Å²) in [6.45, 7) is 21.6. The molecule has 5 aliphatic rings. The number of nitrogens with one attached hydrogen (secondary N) is 1. The van der Waals surface area contributed by atoms with E-state index >= 15 is 0 Å². The van der Waals surface area contributed by atoms with Crippen molar-refractivity contribution >= 4 is 24.0 Å². The molecular formula is C39H59NO14. The summed E-state index contributed by atoms with van der Waals surface area (Å²) < 4.78 is 42.7. The van der Waals surface area contributed by atoms with E-state index in [1.807, 2.05) is 20.8 Å². The molecule has 15 nitrogen and oxygen atoms in total. The van der Waals surface area contributed by atoms with E-state index in [-0.39, 0.29) is 37.4 Å². The van der Waals surface area contributed by atoms with Crippen molar-refractivity contribution in [2.45, 2.75) is 167 Å². The highest BCUT2D eigenvalue weighted by Crippen LogP contribution is 2.69. The number of hydrogen-bond acceptors (Lipinski definition) is 14. The maximum absolute atomic E-state index is 13.9. The molecule has 2 saturated heterocycles. The van der Waals surface area contributed by atoms with E-state index in [9.17, 15) is 34.5 Å². The van der Waals surface area contributed by atoms with Crippen LogP contribution in [0.25, 0.3) is 0 Å². The molecule has 0 spiro atoms. The smallest absolute Gasteiger partial charge is 0.407 e. The van der Waals surface area contributed by atoms with Crippen molar-refractivity contribution in [1.29, 1.82) is 0 Å². The van der Waals surface area contributed by atoms with Gasteiger partial charge in [0.15, 0.2) is 24.1 Å². The highest BCUT2D eigenvalue weighted by Gasteiger charge is 2.80. The molecule has 54 heavy (non-hydrogen) atoms. The summed E-state index contributed by atoms with van der Waals surface area (Å²) in [5, 5.41) is 39.5. The van der Waals surface area contributed by atoms with Gasteiger partial charge < -0.3 is 53.8 Å². The summed E-state index contributed by atoms with van der Waals surface area (Å²) in [7, 11) is 0. The first-order chi connectivity index (χ1) is 24.8. The summed E-state index contributed by atoms with van der Waals surface area (Å²) in [5.41, 5.74) is -6.36. The number of amides is 1. The first-order valence-corrected chi connectivity index (χ1v) is 18.8. The second-order valence-corrected chi connectivity index (χ2v) is 17.8. The van der Waals surface area contributed by atoms with Gasteiger partial charge in [-0.3, -0.25) is 9.59 Å². The Labute approximate surface area is 317 Å². The van der Waals surface area contributed by atoms with Gasteiger partial charge in [0.2, 0.25) is 0 Å². The molecule has 2 unspecified atom stereocenters. The third-order valence-electron chi connectivity index (χ3n) is 12.1. The fourth-order valence-electron chi connectivity index (χ4n) is 9.94. The van der Waals surface area contributed by atoms with Crippen molar-refractivity contribution in [2.75, 3.05) is 6.61 Å². The van der Waals surface area contributed by atoms with Crippen LogP contribution in [0.2, 0.25) is 0 Å². The predicted octanol–water partition coefficient (Wildman–Crippen LogP) is 3.01. The van der Waals surface area contributed by atoms with Crippen LogP contribution in [0.3, 0.4) is 0 Å². The number of fused-ring (bicyclic) bond motifs is 3. The minimum absolute atomic E-state index is 0.0521. The van der Waals surface area contributed by atoms with E-state index in [0.717, 1.165) is 0 Å². The van der Waals surface area contributed by atoms with Gasteiger partial charge >= 0.3 is 24.0 Å². The largest absolute Gasteiger partial charge is 0.456 e. The number of esters is 3. The Morgan fingerprint density at radius 2 is 1.70 bits per heavy atom. The SMILES string of the molecule is C=CC1O[C@H]2C[C@H]3OC[C@@]3(OC(C)=O)[C@H]3[C@H](O)[C@]4(C(C)(C)O)C[C@H](OC(=O)C(O)[C@H](CC(C)C)NC(=O)OC(C)(C)C)C(C)=C4[C@H](OC(C)=O)[C@H](O1)[C@]23C. The van der Waals surface area contributed by atoms with Gasteiger partial charge in [-0.05, 0) is 71.1 Å². The van der Waals surface area contributed by atoms with E-state index in [0.29, 0.717) is 5.57 Å². The maximum Gasteiger partial charge on any atom is 0.407 e. The number of alkyl carbamates (subject to hydrolysis) is 1. The Kier molecular flexibility index (Phi) is 11.3. The van der Waals surface area contributed by atoms with E-state index in [1.165, 1.54) is 33.8 Å². The van der Waals surface area contributed by atoms with Crippen LogP contribution in [0, 0.1) is 22.7 Å². The molecule has 2 saturated carbocycles. The van der Waals surface area contributed by atoms with Gasteiger partial charge in [-0.15, -0.1) is 0 Å². The summed E-state index contributed by atoms with van der Waals surface area (Å²) >= 11 is 0. The predicted molar refractivity (Wildman–Crippen MR) is 190 cm³/mol. The summed E-state index contributed by atoms with van der Waals surface area (Å²) in [6, 6.07) is -1.08. The zero-order valence-electron chi connectivity index (χ0n) is 33.3. The molecule has 2 heterocycles. The van der Waals surface area contributed by atoms with Crippen LogP contribution < -0.4 is 5.32 Å². The Hall–Kier alpha value is -3.08. The number of carbonyl (C=O) groups is 4. The minimum atomic E-state index is -1.83. The molecule has 3 aliphatic carbocycles. The normalized spacial score (nSPS) is 38.4. The van der Waals surface area contributed by atoms with Crippen LogP contribution in [0.4, 0.5) is 4.79 Å². The van der Waals surface area contributed by atoms with Crippen LogP contribution in [0.1, 0.15) is 95.4 Å². The molecular weight excluding hydrogens is 706 g/mol. The molecule has 4 N–H and O–H groups in total. The van der Waals surface area contributed by atoms with Crippen molar-refractivity contribution in [3.63, 3.8) is 0 Å². The molecule has 1 amide bonds. The Morgan fingerprint density at radius 3 is 2.20 bits per heavy atom. The number of carbonyl (C=O) groups excluding carboxylic acids is 4. The van der Waals surface area contributed by atoms with E-state index in [1.54, 1.807) is 27.7 Å². The first kappa shape index (κ1) is 42.1. The van der Waals surface area contributed by atoms with Crippen LogP contribution in [0.15, 0.2) is 23.8 Å². The monoisotopic (exact) mass is 765 g/mol. The highest BCUT2D eigenvalue weighted by atomic mass is 16.7. The molecule has 0 aromatic carbocycles. The summed E-state index contributed by atoms with van der Waals surface area (Å²) in [4.78, 5) is 52.5. The Bertz CT molecular complexity index is 1550. The van der Waals surface area contributed by atoms with Crippen molar-refractivity contribution in [3.8, 4) is 0 Å². The molecule has 13 atom stereocenters. The Morgan fingerprint density at radius 1 is 1.06 bits per heavy atom. The number of ether oxygens (including phenoxy) is 7. The zero-order valence-corrected chi connectivity index (χ0v) is 33.3. The zero-order chi connectivity index (χ0) is 40.5. The second-order valence-electron chi connectivity index (χ2n) is 17.8. The van der Waals surface area contributed by atoms with Crippen LogP contribution >= 0.6 is 0 Å². The van der Waals surface area contributed by atoms with Crippen LogP contribution in [-0.4, -0.2) is 118 Å². The summed E-state index contributed by atoms with van der Waals surface area (Å²) in [5.74, 6) is -3.44. The van der Waals surface area contributed by atoms with E-state index in [2.05, 4.69) is 11.9 Å². The average molecular weight is 766 g/mol. The third kappa shape index (κ3) is 6.97. The van der Waals surface area contributed by atoms with E-state index in [4.69, 9.17) is 33.2 Å². The molecule has 0 aromatic heterocycles. The number of aliphatic hydroxyl groups excluding tert-OH is 2. The molecule has 0 bridgehead atoms. The number of rotatable bonds is 10. The number of hydrogen-bond donors (Lipinski definition) is 4. The minimum Gasteiger partial charge on any atom is -0.456 e. The quantitative estimate of drug-likeness (QED) is 0.143. The van der Waals surface area contributed by atoms with Gasteiger partial charge in [-0.25, -0.2) is 9.59 Å². The maximum atomic E-state index is 13.9. The fraction of sp³-hybridized carbons (Fsp3) is 0.795. The van der Waals surface area contributed by atoms with Gasteiger partial charge in [0.05, 0.1) is 35.9 Å². The molecule has 2 aliphatic heterocycles. The third-order valence-corrected chi connectivity index (χ3v) is 12.1. The van der Waals surface area contributed by atoms with Gasteiger partial charge in [0, 0.05) is 38.0 Å². The van der Waals surface area contributed by atoms with Crippen molar-refractivity contribution in [2.24, 2.45) is 22.7 Å². The topological polar surface area (TPSA) is 206 Å². The van der Waals surface area contributed by atoms with Gasteiger partial charge in [0.25, 0.3) is 0 Å². The number of aliphatic hydroxyl groups is 3. The second kappa shape index (κ2) is 14.5. The van der Waals surface area contributed by atoms with Gasteiger partial charge in [-0.2, -0.15) is 0 Å². The average Bonchev–Trinajstić information content (AvgIpc) is 3.28. The highest BCUT2D eigenvalue weighted by molar-refractivity contribution is 5.77. The van der Waals surface area contributed by atoms with Crippen LogP contribution in [-0.2, 0) is 47.5 Å². The lowest BCUT2D eigenvalue weighted by molar-refractivity contribution is -0.393. The lowest BCUT2D eigenvalue weighted by Gasteiger charge is -2.67. The van der Waals surface area contributed by atoms with Crippen LogP contribution in [0.5, 0.6) is 0 Å². The fourth-order valence-corrected chi connectivity index (χ4v) is 9.94. The van der Waals surface area contributed by atoms with Crippen molar-refractivity contribution < 1.29 is 67.7 Å². The lowest BCUT2D eigenvalue weighted by Crippen LogP contribution is -2.80. The standard InChI is InChI=1S/C39H59NO14/c1-13-26-51-24-15-25-39(17-48-25,53-21(6)42)30-31(44)38(36(10,11)47)16-23(19(4)27(38)29(49-20(5)41)32(52-26)37(24,30)12)50-33(45)28(43)22(14-18(2)3)40-34(46)54-35(7,8)9/h13,18,22-26,28-32,43-44,47H,1,14-17H2,2-12H3,(H,40,46)/t22-,23-,24-,25+,26?,28?,29-,30-,31-,32-,37+,38-,39-/m0/s1. The lowest BCUT2D eigenvalue weighted by atomic mass is 9.49. The molecule has 304 valence electrons.